The Balaban J connectivity index is 2.47. The topological polar surface area (TPSA) is 48.4 Å². The third-order valence-corrected chi connectivity index (χ3v) is 3.19. The number of halogens is 2. The Labute approximate surface area is 118 Å². The van der Waals surface area contributed by atoms with E-state index in [0.717, 1.165) is 0 Å². The van der Waals surface area contributed by atoms with E-state index in [1.807, 2.05) is 0 Å². The van der Waals surface area contributed by atoms with Crippen LogP contribution in [0.4, 0.5) is 4.39 Å². The van der Waals surface area contributed by atoms with Crippen molar-refractivity contribution in [3.05, 3.63) is 33.8 Å². The van der Waals surface area contributed by atoms with Crippen molar-refractivity contribution in [2.45, 2.75) is 13.3 Å². The quantitative estimate of drug-likeness (QED) is 0.632. The first-order valence-corrected chi connectivity index (χ1v) is 6.71. The lowest BCUT2D eigenvalue weighted by atomic mass is 9.97. The molecule has 0 fully saturated rings. The zero-order valence-electron chi connectivity index (χ0n) is 10.4. The standard InChI is InChI=1S/C13H13BrFNO3/c1-2-19-13(17)11-7-18-4-3-9(11)10-5-8(14)6-16-12(10)15/h5-6H,2-4,7H2,1H3. The van der Waals surface area contributed by atoms with Crippen LogP contribution in [0, 0.1) is 5.95 Å². The molecule has 0 saturated heterocycles. The van der Waals surface area contributed by atoms with E-state index in [-0.39, 0.29) is 13.2 Å². The molecular weight excluding hydrogens is 317 g/mol. The first kappa shape index (κ1) is 14.1. The summed E-state index contributed by atoms with van der Waals surface area (Å²) in [7, 11) is 0. The third kappa shape index (κ3) is 3.19. The van der Waals surface area contributed by atoms with Crippen LogP contribution in [0.3, 0.4) is 0 Å². The molecule has 2 heterocycles. The summed E-state index contributed by atoms with van der Waals surface area (Å²) >= 11 is 3.25. The van der Waals surface area contributed by atoms with Crippen LogP contribution in [-0.2, 0) is 14.3 Å². The fourth-order valence-electron chi connectivity index (χ4n) is 1.92. The predicted molar refractivity (Wildman–Crippen MR) is 70.9 cm³/mol. The summed E-state index contributed by atoms with van der Waals surface area (Å²) in [6.07, 6.45) is 1.84. The smallest absolute Gasteiger partial charge is 0.336 e. The Kier molecular flexibility index (Phi) is 4.66. The molecule has 6 heteroatoms. The Bertz CT molecular complexity index is 531. The van der Waals surface area contributed by atoms with Crippen molar-refractivity contribution in [1.82, 2.24) is 4.98 Å². The van der Waals surface area contributed by atoms with Crippen LogP contribution >= 0.6 is 15.9 Å². The van der Waals surface area contributed by atoms with E-state index in [1.54, 1.807) is 13.0 Å². The van der Waals surface area contributed by atoms with Crippen LogP contribution < -0.4 is 0 Å². The van der Waals surface area contributed by atoms with E-state index in [9.17, 15) is 9.18 Å². The normalized spacial score (nSPS) is 15.5. The second-order valence-corrected chi connectivity index (χ2v) is 4.89. The van der Waals surface area contributed by atoms with Gasteiger partial charge < -0.3 is 9.47 Å². The molecule has 0 radical (unpaired) electrons. The number of pyridine rings is 1. The summed E-state index contributed by atoms with van der Waals surface area (Å²) in [6.45, 7) is 2.59. The maximum atomic E-state index is 13.8. The molecule has 1 aliphatic heterocycles. The molecule has 102 valence electrons. The molecule has 1 aromatic heterocycles. The Hall–Kier alpha value is -1.27. The number of hydrogen-bond acceptors (Lipinski definition) is 4. The Morgan fingerprint density at radius 2 is 2.42 bits per heavy atom. The molecule has 0 aliphatic carbocycles. The van der Waals surface area contributed by atoms with Crippen LogP contribution in [0.1, 0.15) is 18.9 Å². The third-order valence-electron chi connectivity index (χ3n) is 2.76. The molecule has 0 unspecified atom stereocenters. The first-order valence-electron chi connectivity index (χ1n) is 5.91. The fraction of sp³-hybridized carbons (Fsp3) is 0.385. The second-order valence-electron chi connectivity index (χ2n) is 3.97. The van der Waals surface area contributed by atoms with Gasteiger partial charge in [-0.15, -0.1) is 0 Å². The minimum Gasteiger partial charge on any atom is -0.463 e. The van der Waals surface area contributed by atoms with Crippen molar-refractivity contribution in [3.63, 3.8) is 0 Å². The van der Waals surface area contributed by atoms with E-state index in [4.69, 9.17) is 9.47 Å². The minimum absolute atomic E-state index is 0.139. The van der Waals surface area contributed by atoms with Crippen LogP contribution in [0.5, 0.6) is 0 Å². The number of nitrogens with zero attached hydrogens (tertiary/aromatic N) is 1. The number of rotatable bonds is 3. The van der Waals surface area contributed by atoms with Crippen LogP contribution in [0.2, 0.25) is 0 Å². The molecule has 0 aromatic carbocycles. The summed E-state index contributed by atoms with van der Waals surface area (Å²) in [5.41, 5.74) is 1.30. The molecule has 0 spiro atoms. The lowest BCUT2D eigenvalue weighted by molar-refractivity contribution is -0.139. The highest BCUT2D eigenvalue weighted by Crippen LogP contribution is 2.29. The zero-order chi connectivity index (χ0) is 13.8. The molecule has 1 aromatic rings. The van der Waals surface area contributed by atoms with Crippen molar-refractivity contribution in [2.24, 2.45) is 0 Å². The lowest BCUT2D eigenvalue weighted by Gasteiger charge is -2.20. The van der Waals surface area contributed by atoms with Gasteiger partial charge in [-0.2, -0.15) is 4.39 Å². The highest BCUT2D eigenvalue weighted by Gasteiger charge is 2.24. The van der Waals surface area contributed by atoms with Crippen molar-refractivity contribution in [2.75, 3.05) is 19.8 Å². The highest BCUT2D eigenvalue weighted by molar-refractivity contribution is 9.10. The van der Waals surface area contributed by atoms with E-state index < -0.39 is 11.9 Å². The zero-order valence-corrected chi connectivity index (χ0v) is 12.0. The molecule has 1 aliphatic rings. The molecule has 2 rings (SSSR count). The summed E-state index contributed by atoms with van der Waals surface area (Å²) < 4.78 is 24.7. The molecule has 0 amide bonds. The van der Waals surface area contributed by atoms with Gasteiger partial charge in [0.15, 0.2) is 0 Å². The summed E-state index contributed by atoms with van der Waals surface area (Å²) in [5.74, 6) is -1.06. The average molecular weight is 330 g/mol. The second kappa shape index (κ2) is 6.25. The number of ether oxygens (including phenoxy) is 2. The maximum absolute atomic E-state index is 13.8. The average Bonchev–Trinajstić information content (AvgIpc) is 2.42. The van der Waals surface area contributed by atoms with Gasteiger partial charge >= 0.3 is 5.97 Å². The summed E-state index contributed by atoms with van der Waals surface area (Å²) in [4.78, 5) is 15.5. The van der Waals surface area contributed by atoms with Gasteiger partial charge in [-0.05, 0) is 40.9 Å². The first-order chi connectivity index (χ1) is 9.13. The van der Waals surface area contributed by atoms with Crippen molar-refractivity contribution < 1.29 is 18.7 Å². The van der Waals surface area contributed by atoms with Gasteiger partial charge in [-0.25, -0.2) is 9.78 Å². The lowest BCUT2D eigenvalue weighted by Crippen LogP contribution is -2.20. The van der Waals surface area contributed by atoms with E-state index in [2.05, 4.69) is 20.9 Å². The number of hydrogen-bond donors (Lipinski definition) is 0. The van der Waals surface area contributed by atoms with Gasteiger partial charge in [0.05, 0.1) is 25.4 Å². The molecule has 4 nitrogen and oxygen atoms in total. The molecule has 0 N–H and O–H groups in total. The predicted octanol–water partition coefficient (Wildman–Crippen LogP) is 2.72. The van der Waals surface area contributed by atoms with Gasteiger partial charge in [0, 0.05) is 16.2 Å². The van der Waals surface area contributed by atoms with Gasteiger partial charge in [-0.1, -0.05) is 0 Å². The summed E-state index contributed by atoms with van der Waals surface area (Å²) in [5, 5.41) is 0. The van der Waals surface area contributed by atoms with Crippen molar-refractivity contribution in [3.8, 4) is 0 Å². The molecule has 0 atom stereocenters. The van der Waals surface area contributed by atoms with Gasteiger partial charge in [0.25, 0.3) is 0 Å². The number of carbonyl (C=O) groups excluding carboxylic acids is 1. The Morgan fingerprint density at radius 3 is 3.16 bits per heavy atom. The number of esters is 1. The van der Waals surface area contributed by atoms with Crippen LogP contribution in [0.25, 0.3) is 5.57 Å². The monoisotopic (exact) mass is 329 g/mol. The van der Waals surface area contributed by atoms with Crippen molar-refractivity contribution in [1.29, 1.82) is 0 Å². The Morgan fingerprint density at radius 1 is 1.63 bits per heavy atom. The summed E-state index contributed by atoms with van der Waals surface area (Å²) in [6, 6.07) is 1.61. The minimum atomic E-state index is -0.595. The van der Waals surface area contributed by atoms with Gasteiger partial charge in [0.1, 0.15) is 0 Å². The number of carbonyl (C=O) groups is 1. The van der Waals surface area contributed by atoms with Gasteiger partial charge in [-0.3, -0.25) is 0 Å². The van der Waals surface area contributed by atoms with Crippen molar-refractivity contribution >= 4 is 27.5 Å². The van der Waals surface area contributed by atoms with E-state index in [0.29, 0.717) is 34.2 Å². The molecule has 0 bridgehead atoms. The van der Waals surface area contributed by atoms with Crippen LogP contribution in [0.15, 0.2) is 22.3 Å². The highest BCUT2D eigenvalue weighted by atomic mass is 79.9. The molecule has 19 heavy (non-hydrogen) atoms. The van der Waals surface area contributed by atoms with Gasteiger partial charge in [0.2, 0.25) is 5.95 Å². The largest absolute Gasteiger partial charge is 0.463 e. The molecular formula is C13H13BrFNO3. The maximum Gasteiger partial charge on any atom is 0.336 e. The SMILES string of the molecule is CCOC(=O)C1=C(c2cc(Br)cnc2F)CCOC1. The fourth-order valence-corrected chi connectivity index (χ4v) is 2.25. The van der Waals surface area contributed by atoms with E-state index >= 15 is 0 Å². The number of aromatic nitrogens is 1. The van der Waals surface area contributed by atoms with E-state index in [1.165, 1.54) is 6.20 Å². The van der Waals surface area contributed by atoms with Crippen LogP contribution in [-0.4, -0.2) is 30.8 Å². The molecule has 0 saturated carbocycles.